The van der Waals surface area contributed by atoms with Gasteiger partial charge in [-0.1, -0.05) is 20.8 Å². The summed E-state index contributed by atoms with van der Waals surface area (Å²) in [6.45, 7) is 7.45. The van der Waals surface area contributed by atoms with Crippen LogP contribution in [0.2, 0.25) is 0 Å². The van der Waals surface area contributed by atoms with Crippen molar-refractivity contribution in [2.24, 2.45) is 0 Å². The van der Waals surface area contributed by atoms with Gasteiger partial charge in [-0.3, -0.25) is 4.98 Å². The highest BCUT2D eigenvalue weighted by molar-refractivity contribution is 5.35. The largest absolute Gasteiger partial charge is 0.358 e. The lowest BCUT2D eigenvalue weighted by Gasteiger charge is -2.17. The van der Waals surface area contributed by atoms with Crippen molar-refractivity contribution in [3.8, 4) is 0 Å². The zero-order chi connectivity index (χ0) is 10.6. The lowest BCUT2D eigenvalue weighted by atomic mass is 10.1. The Kier molecular flexibility index (Phi) is 3.86. The third-order valence-electron chi connectivity index (χ3n) is 2.18. The van der Waals surface area contributed by atoms with Gasteiger partial charge in [0.05, 0.1) is 11.9 Å². The molecular formula is C11H19N3. The van der Waals surface area contributed by atoms with Crippen LogP contribution in [-0.4, -0.2) is 23.6 Å². The minimum Gasteiger partial charge on any atom is -0.358 e. The zero-order valence-corrected chi connectivity index (χ0v) is 9.49. The molecular weight excluding hydrogens is 174 g/mol. The van der Waals surface area contributed by atoms with E-state index in [1.54, 1.807) is 0 Å². The van der Waals surface area contributed by atoms with Crippen molar-refractivity contribution in [3.63, 3.8) is 0 Å². The summed E-state index contributed by atoms with van der Waals surface area (Å²) in [6, 6.07) is 0. The van der Waals surface area contributed by atoms with E-state index in [9.17, 15) is 0 Å². The molecule has 3 nitrogen and oxygen atoms in total. The molecule has 0 amide bonds. The smallest absolute Gasteiger partial charge is 0.147 e. The maximum atomic E-state index is 4.55. The average Bonchev–Trinajstić information content (AvgIpc) is 2.18. The number of nitrogens with zero attached hydrogens (tertiary/aromatic N) is 3. The summed E-state index contributed by atoms with van der Waals surface area (Å²) in [5, 5.41) is 0. The van der Waals surface area contributed by atoms with Crippen LogP contribution in [0.3, 0.4) is 0 Å². The SMILES string of the molecule is CCCN(C)c1cncc(C(C)C)n1. The predicted molar refractivity (Wildman–Crippen MR) is 59.7 cm³/mol. The molecule has 0 saturated carbocycles. The molecule has 1 rings (SSSR count). The normalized spacial score (nSPS) is 10.6. The van der Waals surface area contributed by atoms with Gasteiger partial charge in [-0.05, 0) is 12.3 Å². The first kappa shape index (κ1) is 11.0. The Morgan fingerprint density at radius 3 is 2.64 bits per heavy atom. The van der Waals surface area contributed by atoms with Crippen LogP contribution in [0.25, 0.3) is 0 Å². The van der Waals surface area contributed by atoms with Crippen molar-refractivity contribution in [1.82, 2.24) is 9.97 Å². The standard InChI is InChI=1S/C11H19N3/c1-5-6-14(4)11-8-12-7-10(13-11)9(2)3/h7-9H,5-6H2,1-4H3. The van der Waals surface area contributed by atoms with Gasteiger partial charge in [-0.15, -0.1) is 0 Å². The summed E-state index contributed by atoms with van der Waals surface area (Å²) in [6.07, 6.45) is 4.79. The van der Waals surface area contributed by atoms with Crippen molar-refractivity contribution < 1.29 is 0 Å². The highest BCUT2D eigenvalue weighted by Gasteiger charge is 2.05. The molecule has 0 radical (unpaired) electrons. The van der Waals surface area contributed by atoms with E-state index in [1.165, 1.54) is 0 Å². The number of aromatic nitrogens is 2. The fourth-order valence-electron chi connectivity index (χ4n) is 1.28. The Balaban J connectivity index is 2.82. The molecule has 0 saturated heterocycles. The third kappa shape index (κ3) is 2.69. The summed E-state index contributed by atoms with van der Waals surface area (Å²) in [5.41, 5.74) is 1.06. The molecule has 0 unspecified atom stereocenters. The Labute approximate surface area is 86.2 Å². The summed E-state index contributed by atoms with van der Waals surface area (Å²) >= 11 is 0. The Morgan fingerprint density at radius 1 is 1.36 bits per heavy atom. The van der Waals surface area contributed by atoms with E-state index in [2.05, 4.69) is 42.7 Å². The van der Waals surface area contributed by atoms with Crippen LogP contribution in [0.15, 0.2) is 12.4 Å². The molecule has 0 aliphatic carbocycles. The molecule has 0 N–H and O–H groups in total. The predicted octanol–water partition coefficient (Wildman–Crippen LogP) is 2.45. The van der Waals surface area contributed by atoms with Crippen molar-refractivity contribution >= 4 is 5.82 Å². The monoisotopic (exact) mass is 193 g/mol. The highest BCUT2D eigenvalue weighted by Crippen LogP contribution is 2.14. The zero-order valence-electron chi connectivity index (χ0n) is 9.49. The highest BCUT2D eigenvalue weighted by atomic mass is 15.2. The van der Waals surface area contributed by atoms with Gasteiger partial charge in [0.25, 0.3) is 0 Å². The molecule has 3 heteroatoms. The Bertz CT molecular complexity index is 284. The van der Waals surface area contributed by atoms with E-state index in [-0.39, 0.29) is 0 Å². The maximum absolute atomic E-state index is 4.55. The van der Waals surface area contributed by atoms with Crippen molar-refractivity contribution in [3.05, 3.63) is 18.1 Å². The van der Waals surface area contributed by atoms with Gasteiger partial charge in [0, 0.05) is 19.8 Å². The molecule has 0 aromatic carbocycles. The molecule has 0 spiro atoms. The lowest BCUT2D eigenvalue weighted by Crippen LogP contribution is -2.19. The van der Waals surface area contributed by atoms with Gasteiger partial charge in [0.15, 0.2) is 0 Å². The molecule has 14 heavy (non-hydrogen) atoms. The van der Waals surface area contributed by atoms with Gasteiger partial charge in [-0.25, -0.2) is 4.98 Å². The molecule has 0 aliphatic heterocycles. The minimum atomic E-state index is 0.442. The fraction of sp³-hybridized carbons (Fsp3) is 0.636. The first-order valence-electron chi connectivity index (χ1n) is 5.18. The van der Waals surface area contributed by atoms with E-state index < -0.39 is 0 Å². The number of hydrogen-bond acceptors (Lipinski definition) is 3. The minimum absolute atomic E-state index is 0.442. The second kappa shape index (κ2) is 4.94. The van der Waals surface area contributed by atoms with E-state index in [1.807, 2.05) is 12.4 Å². The van der Waals surface area contributed by atoms with Gasteiger partial charge >= 0.3 is 0 Å². The van der Waals surface area contributed by atoms with Gasteiger partial charge in [-0.2, -0.15) is 0 Å². The first-order chi connectivity index (χ1) is 6.65. The molecule has 1 heterocycles. The second-order valence-corrected chi connectivity index (χ2v) is 3.88. The van der Waals surface area contributed by atoms with E-state index in [0.717, 1.165) is 24.5 Å². The summed E-state index contributed by atoms with van der Waals surface area (Å²) in [4.78, 5) is 10.9. The molecule has 0 aliphatic rings. The van der Waals surface area contributed by atoms with Gasteiger partial charge < -0.3 is 4.90 Å². The average molecular weight is 193 g/mol. The van der Waals surface area contributed by atoms with Gasteiger partial charge in [0.2, 0.25) is 0 Å². The molecule has 0 fully saturated rings. The van der Waals surface area contributed by atoms with Crippen LogP contribution in [-0.2, 0) is 0 Å². The Morgan fingerprint density at radius 2 is 2.07 bits per heavy atom. The number of anilines is 1. The first-order valence-corrected chi connectivity index (χ1v) is 5.18. The Hall–Kier alpha value is -1.12. The summed E-state index contributed by atoms with van der Waals surface area (Å²) in [7, 11) is 2.05. The van der Waals surface area contributed by atoms with E-state index in [0.29, 0.717) is 5.92 Å². The summed E-state index contributed by atoms with van der Waals surface area (Å²) in [5.74, 6) is 1.41. The maximum Gasteiger partial charge on any atom is 0.147 e. The van der Waals surface area contributed by atoms with Crippen LogP contribution >= 0.6 is 0 Å². The van der Waals surface area contributed by atoms with Crippen LogP contribution < -0.4 is 4.90 Å². The molecule has 1 aromatic rings. The van der Waals surface area contributed by atoms with E-state index in [4.69, 9.17) is 0 Å². The fourth-order valence-corrected chi connectivity index (χ4v) is 1.28. The molecule has 0 bridgehead atoms. The topological polar surface area (TPSA) is 29.0 Å². The van der Waals surface area contributed by atoms with Crippen LogP contribution in [0.5, 0.6) is 0 Å². The van der Waals surface area contributed by atoms with Crippen molar-refractivity contribution in [2.45, 2.75) is 33.1 Å². The quantitative estimate of drug-likeness (QED) is 0.735. The van der Waals surface area contributed by atoms with Crippen LogP contribution in [0.1, 0.15) is 38.8 Å². The van der Waals surface area contributed by atoms with Crippen molar-refractivity contribution in [1.29, 1.82) is 0 Å². The third-order valence-corrected chi connectivity index (χ3v) is 2.18. The molecule has 1 aromatic heterocycles. The van der Waals surface area contributed by atoms with Crippen LogP contribution in [0.4, 0.5) is 5.82 Å². The summed E-state index contributed by atoms with van der Waals surface area (Å²) < 4.78 is 0. The lowest BCUT2D eigenvalue weighted by molar-refractivity contribution is 0.784. The van der Waals surface area contributed by atoms with Crippen molar-refractivity contribution in [2.75, 3.05) is 18.5 Å². The number of rotatable bonds is 4. The molecule has 78 valence electrons. The molecule has 0 atom stereocenters. The second-order valence-electron chi connectivity index (χ2n) is 3.88. The van der Waals surface area contributed by atoms with E-state index >= 15 is 0 Å². The van der Waals surface area contributed by atoms with Gasteiger partial charge in [0.1, 0.15) is 5.82 Å². The van der Waals surface area contributed by atoms with Crippen LogP contribution in [0, 0.1) is 0 Å². The number of hydrogen-bond donors (Lipinski definition) is 0.